The van der Waals surface area contributed by atoms with Gasteiger partial charge in [-0.25, -0.2) is 0 Å². The van der Waals surface area contributed by atoms with E-state index >= 15 is 0 Å². The van der Waals surface area contributed by atoms with Gasteiger partial charge in [-0.3, -0.25) is 14.6 Å². The molecular formula is C18H26N6OS. The number of carbonyl (C=O) groups excluding carboxylic acids is 1. The maximum Gasteiger partial charge on any atom is 0.289 e. The molecule has 2 aromatic rings. The second-order valence-corrected chi connectivity index (χ2v) is 8.53. The SMILES string of the molecule is CC(C)CN1CCN2CCn3c(C(=O)NCc4cccs4)nnc3C2C1. The Bertz CT molecular complexity index is 756. The monoisotopic (exact) mass is 374 g/mol. The van der Waals surface area contributed by atoms with Gasteiger partial charge in [0.05, 0.1) is 12.6 Å². The van der Waals surface area contributed by atoms with Gasteiger partial charge < -0.3 is 9.88 Å². The molecule has 4 heterocycles. The predicted octanol–water partition coefficient (Wildman–Crippen LogP) is 1.60. The Hall–Kier alpha value is -1.77. The van der Waals surface area contributed by atoms with Crippen LogP contribution in [-0.2, 0) is 13.1 Å². The maximum atomic E-state index is 12.6. The molecule has 0 spiro atoms. The van der Waals surface area contributed by atoms with Crippen molar-refractivity contribution < 1.29 is 4.79 Å². The molecule has 0 radical (unpaired) electrons. The minimum atomic E-state index is -0.138. The number of fused-ring (bicyclic) bond motifs is 3. The van der Waals surface area contributed by atoms with E-state index in [1.165, 1.54) is 0 Å². The lowest BCUT2D eigenvalue weighted by Crippen LogP contribution is -2.53. The van der Waals surface area contributed by atoms with E-state index in [0.29, 0.717) is 18.3 Å². The number of carbonyl (C=O) groups is 1. The molecule has 2 aliphatic heterocycles. The number of nitrogens with zero attached hydrogens (tertiary/aromatic N) is 5. The Morgan fingerprint density at radius 1 is 1.31 bits per heavy atom. The van der Waals surface area contributed by atoms with E-state index in [1.54, 1.807) is 11.3 Å². The molecule has 26 heavy (non-hydrogen) atoms. The Balaban J connectivity index is 1.48. The fraction of sp³-hybridized carbons (Fsp3) is 0.611. The molecule has 8 heteroatoms. The van der Waals surface area contributed by atoms with E-state index in [0.717, 1.165) is 50.0 Å². The number of nitrogens with one attached hydrogen (secondary N) is 1. The molecule has 0 aromatic carbocycles. The van der Waals surface area contributed by atoms with Crippen molar-refractivity contribution in [2.75, 3.05) is 32.7 Å². The van der Waals surface area contributed by atoms with Crippen LogP contribution in [0.4, 0.5) is 0 Å². The summed E-state index contributed by atoms with van der Waals surface area (Å²) in [6, 6.07) is 4.25. The van der Waals surface area contributed by atoms with Crippen molar-refractivity contribution in [3.05, 3.63) is 34.0 Å². The summed E-state index contributed by atoms with van der Waals surface area (Å²) in [5.74, 6) is 1.89. The fourth-order valence-corrected chi connectivity index (χ4v) is 4.55. The normalized spacial score (nSPS) is 20.8. The molecule has 2 aliphatic rings. The summed E-state index contributed by atoms with van der Waals surface area (Å²) in [5.41, 5.74) is 0. The van der Waals surface area contributed by atoms with Crippen LogP contribution in [0.3, 0.4) is 0 Å². The van der Waals surface area contributed by atoms with Gasteiger partial charge in [-0.15, -0.1) is 21.5 Å². The highest BCUT2D eigenvalue weighted by Gasteiger charge is 2.36. The summed E-state index contributed by atoms with van der Waals surface area (Å²) in [7, 11) is 0. The van der Waals surface area contributed by atoms with E-state index in [1.807, 2.05) is 22.1 Å². The van der Waals surface area contributed by atoms with Gasteiger partial charge in [0.15, 0.2) is 5.82 Å². The summed E-state index contributed by atoms with van der Waals surface area (Å²) in [6.45, 7) is 11.0. The minimum Gasteiger partial charge on any atom is -0.344 e. The smallest absolute Gasteiger partial charge is 0.289 e. The van der Waals surface area contributed by atoms with Crippen LogP contribution in [-0.4, -0.2) is 63.2 Å². The quantitative estimate of drug-likeness (QED) is 0.861. The lowest BCUT2D eigenvalue weighted by molar-refractivity contribution is 0.0442. The van der Waals surface area contributed by atoms with Gasteiger partial charge >= 0.3 is 0 Å². The van der Waals surface area contributed by atoms with E-state index < -0.39 is 0 Å². The first kappa shape index (κ1) is 17.6. The third-order valence-electron chi connectivity index (χ3n) is 5.09. The van der Waals surface area contributed by atoms with Gasteiger partial charge in [0.1, 0.15) is 0 Å². The first-order chi connectivity index (χ1) is 12.6. The molecule has 1 fully saturated rings. The van der Waals surface area contributed by atoms with Crippen molar-refractivity contribution in [2.45, 2.75) is 33.0 Å². The highest BCUT2D eigenvalue weighted by Crippen LogP contribution is 2.28. The van der Waals surface area contributed by atoms with Crippen LogP contribution >= 0.6 is 11.3 Å². The van der Waals surface area contributed by atoms with Crippen LogP contribution in [0.1, 0.15) is 41.2 Å². The Labute approximate surface area is 158 Å². The van der Waals surface area contributed by atoms with Crippen molar-refractivity contribution >= 4 is 17.2 Å². The molecule has 0 aliphatic carbocycles. The van der Waals surface area contributed by atoms with Gasteiger partial charge in [-0.2, -0.15) is 0 Å². The number of hydrogen-bond donors (Lipinski definition) is 1. The summed E-state index contributed by atoms with van der Waals surface area (Å²) >= 11 is 1.64. The third-order valence-corrected chi connectivity index (χ3v) is 5.97. The van der Waals surface area contributed by atoms with Crippen LogP contribution in [0.2, 0.25) is 0 Å². The molecule has 140 valence electrons. The van der Waals surface area contributed by atoms with Crippen molar-refractivity contribution in [2.24, 2.45) is 5.92 Å². The van der Waals surface area contributed by atoms with Crippen LogP contribution in [0.5, 0.6) is 0 Å². The molecule has 2 aromatic heterocycles. The lowest BCUT2D eigenvalue weighted by Gasteiger charge is -2.43. The number of piperazine rings is 1. The molecule has 4 rings (SSSR count). The van der Waals surface area contributed by atoms with Crippen molar-refractivity contribution in [3.8, 4) is 0 Å². The molecule has 7 nitrogen and oxygen atoms in total. The van der Waals surface area contributed by atoms with Crippen LogP contribution in [0, 0.1) is 5.92 Å². The minimum absolute atomic E-state index is 0.138. The zero-order valence-corrected chi connectivity index (χ0v) is 16.2. The van der Waals surface area contributed by atoms with Gasteiger partial charge in [0.2, 0.25) is 5.82 Å². The van der Waals surface area contributed by atoms with Gasteiger partial charge in [0.25, 0.3) is 5.91 Å². The number of thiophene rings is 1. The number of rotatable bonds is 5. The average molecular weight is 375 g/mol. The van der Waals surface area contributed by atoms with E-state index in [-0.39, 0.29) is 11.9 Å². The van der Waals surface area contributed by atoms with Crippen molar-refractivity contribution in [1.82, 2.24) is 29.9 Å². The van der Waals surface area contributed by atoms with Crippen molar-refractivity contribution in [1.29, 1.82) is 0 Å². The predicted molar refractivity (Wildman–Crippen MR) is 101 cm³/mol. The lowest BCUT2D eigenvalue weighted by atomic mass is 10.1. The molecule has 1 atom stereocenters. The van der Waals surface area contributed by atoms with E-state index in [9.17, 15) is 4.79 Å². The highest BCUT2D eigenvalue weighted by atomic mass is 32.1. The first-order valence-electron chi connectivity index (χ1n) is 9.32. The van der Waals surface area contributed by atoms with Crippen LogP contribution < -0.4 is 5.32 Å². The van der Waals surface area contributed by atoms with Crippen LogP contribution in [0.25, 0.3) is 0 Å². The number of aromatic nitrogens is 3. The average Bonchev–Trinajstić information content (AvgIpc) is 3.28. The molecule has 1 amide bonds. The number of amides is 1. The zero-order chi connectivity index (χ0) is 18.1. The van der Waals surface area contributed by atoms with Gasteiger partial charge in [-0.05, 0) is 17.4 Å². The summed E-state index contributed by atoms with van der Waals surface area (Å²) in [4.78, 5) is 18.7. The van der Waals surface area contributed by atoms with Gasteiger partial charge in [0, 0.05) is 44.1 Å². The van der Waals surface area contributed by atoms with Crippen LogP contribution in [0.15, 0.2) is 17.5 Å². The second-order valence-electron chi connectivity index (χ2n) is 7.50. The molecule has 0 bridgehead atoms. The number of hydrogen-bond acceptors (Lipinski definition) is 6. The van der Waals surface area contributed by atoms with E-state index in [4.69, 9.17) is 0 Å². The Morgan fingerprint density at radius 2 is 2.15 bits per heavy atom. The molecule has 1 unspecified atom stereocenters. The summed E-state index contributed by atoms with van der Waals surface area (Å²) in [5, 5.41) is 13.6. The van der Waals surface area contributed by atoms with E-state index in [2.05, 4.69) is 39.2 Å². The molecular weight excluding hydrogens is 348 g/mol. The standard InChI is InChI=1S/C18H26N6OS/c1-13(2)11-22-5-6-23-7-8-24-16(15(23)12-22)20-21-17(24)18(25)19-10-14-4-3-9-26-14/h3-4,9,13,15H,5-8,10-12H2,1-2H3,(H,19,25). The molecule has 1 N–H and O–H groups in total. The summed E-state index contributed by atoms with van der Waals surface area (Å²) < 4.78 is 2.02. The first-order valence-corrected chi connectivity index (χ1v) is 10.2. The summed E-state index contributed by atoms with van der Waals surface area (Å²) in [6.07, 6.45) is 0. The molecule has 0 saturated carbocycles. The highest BCUT2D eigenvalue weighted by molar-refractivity contribution is 7.09. The maximum absolute atomic E-state index is 12.6. The largest absolute Gasteiger partial charge is 0.344 e. The third kappa shape index (κ3) is 3.54. The fourth-order valence-electron chi connectivity index (χ4n) is 3.91. The Morgan fingerprint density at radius 3 is 2.92 bits per heavy atom. The van der Waals surface area contributed by atoms with Gasteiger partial charge in [-0.1, -0.05) is 19.9 Å². The topological polar surface area (TPSA) is 66.3 Å². The zero-order valence-electron chi connectivity index (χ0n) is 15.4. The van der Waals surface area contributed by atoms with Crippen molar-refractivity contribution in [3.63, 3.8) is 0 Å². The second kappa shape index (κ2) is 7.46. The molecule has 1 saturated heterocycles. The Kier molecular flexibility index (Phi) is 5.06.